The van der Waals surface area contributed by atoms with Crippen LogP contribution >= 0.6 is 0 Å². The van der Waals surface area contributed by atoms with Crippen molar-refractivity contribution in [1.82, 2.24) is 9.55 Å². The van der Waals surface area contributed by atoms with Gasteiger partial charge in [-0.1, -0.05) is 60.7 Å². The lowest BCUT2D eigenvalue weighted by atomic mass is 10.0. The Labute approximate surface area is 187 Å². The van der Waals surface area contributed by atoms with E-state index in [9.17, 15) is 0 Å². The summed E-state index contributed by atoms with van der Waals surface area (Å²) in [6, 6.07) is 30.9. The second-order valence-electron chi connectivity index (χ2n) is 8.37. The average molecular weight is 424 g/mol. The summed E-state index contributed by atoms with van der Waals surface area (Å²) in [6.45, 7) is 0. The summed E-state index contributed by atoms with van der Waals surface area (Å²) in [5.41, 5.74) is 5.53. The lowest BCUT2D eigenvalue weighted by Crippen LogP contribution is -1.96. The van der Waals surface area contributed by atoms with Gasteiger partial charge in [-0.2, -0.15) is 0 Å². The Kier molecular flexibility index (Phi) is 3.11. The minimum absolute atomic E-state index is 0.848. The number of rotatable bonds is 1. The average Bonchev–Trinajstić information content (AvgIpc) is 3.53. The van der Waals surface area contributed by atoms with E-state index in [1.807, 2.05) is 48.7 Å². The van der Waals surface area contributed by atoms with Crippen molar-refractivity contribution in [1.29, 1.82) is 0 Å². The number of hydrogen-bond donors (Lipinski definition) is 0. The summed E-state index contributed by atoms with van der Waals surface area (Å²) in [7, 11) is 0. The number of benzene rings is 4. The van der Waals surface area contributed by atoms with E-state index in [4.69, 9.17) is 13.8 Å². The van der Waals surface area contributed by atoms with E-state index in [1.54, 1.807) is 0 Å². The molecule has 0 fully saturated rings. The van der Waals surface area contributed by atoms with Gasteiger partial charge in [-0.3, -0.25) is 4.57 Å². The molecule has 0 radical (unpaired) electrons. The molecule has 4 heterocycles. The first-order valence-electron chi connectivity index (χ1n) is 11.0. The van der Waals surface area contributed by atoms with Crippen LogP contribution in [0.4, 0.5) is 0 Å². The van der Waals surface area contributed by atoms with Gasteiger partial charge in [0, 0.05) is 33.1 Å². The molecule has 4 aromatic carbocycles. The highest BCUT2D eigenvalue weighted by Gasteiger charge is 2.26. The fourth-order valence-electron chi connectivity index (χ4n) is 5.34. The van der Waals surface area contributed by atoms with E-state index in [0.717, 1.165) is 71.5 Å². The molecule has 8 rings (SSSR count). The quantitative estimate of drug-likeness (QED) is 0.268. The van der Waals surface area contributed by atoms with Gasteiger partial charge in [0.05, 0.1) is 10.9 Å². The number of furan rings is 2. The normalized spacial score (nSPS) is 12.2. The molecular weight excluding hydrogens is 408 g/mol. The first kappa shape index (κ1) is 17.0. The van der Waals surface area contributed by atoms with Gasteiger partial charge in [0.2, 0.25) is 0 Å². The second-order valence-corrected chi connectivity index (χ2v) is 8.37. The maximum Gasteiger partial charge on any atom is 0.161 e. The summed E-state index contributed by atoms with van der Waals surface area (Å²) in [6.07, 6.45) is 1.82. The molecule has 4 aromatic heterocycles. The number of nitrogens with zero attached hydrogens (tertiary/aromatic N) is 2. The minimum Gasteiger partial charge on any atom is -0.455 e. The molecule has 0 unspecified atom stereocenters. The van der Waals surface area contributed by atoms with E-state index in [0.29, 0.717) is 0 Å². The Morgan fingerprint density at radius 1 is 0.545 bits per heavy atom. The van der Waals surface area contributed by atoms with Crippen LogP contribution in [0.2, 0.25) is 0 Å². The number of fused-ring (bicyclic) bond motifs is 12. The number of hydrogen-bond acceptors (Lipinski definition) is 3. The lowest BCUT2D eigenvalue weighted by molar-refractivity contribution is 0.667. The fourth-order valence-corrected chi connectivity index (χ4v) is 5.34. The molecule has 4 heteroatoms. The van der Waals surface area contributed by atoms with Gasteiger partial charge in [-0.25, -0.2) is 4.98 Å². The standard InChI is InChI=1S/C29H16N2O2/c1-4-12-20-17(9-1)26-27(31(20)23-15-7-8-16-30-23)29-25(19-11-3-6-14-22(19)33-29)24-18-10-2-5-13-21(18)32-28(24)26/h1-16H. The minimum atomic E-state index is 0.848. The molecule has 0 N–H and O–H groups in total. The van der Waals surface area contributed by atoms with Crippen molar-refractivity contribution in [3.63, 3.8) is 0 Å². The molecule has 154 valence electrons. The zero-order valence-corrected chi connectivity index (χ0v) is 17.4. The van der Waals surface area contributed by atoms with Crippen molar-refractivity contribution >= 4 is 65.7 Å². The molecular formula is C29H16N2O2. The molecule has 0 atom stereocenters. The topological polar surface area (TPSA) is 44.1 Å². The van der Waals surface area contributed by atoms with E-state index in [1.165, 1.54) is 0 Å². The Bertz CT molecular complexity index is 2020. The van der Waals surface area contributed by atoms with Crippen molar-refractivity contribution in [2.24, 2.45) is 0 Å². The Hall–Kier alpha value is -4.57. The van der Waals surface area contributed by atoms with Crippen molar-refractivity contribution in [2.75, 3.05) is 0 Å². The van der Waals surface area contributed by atoms with Crippen molar-refractivity contribution < 1.29 is 8.83 Å². The highest BCUT2D eigenvalue weighted by atomic mass is 16.3. The molecule has 0 saturated carbocycles. The summed E-state index contributed by atoms with van der Waals surface area (Å²) in [4.78, 5) is 4.70. The largest absolute Gasteiger partial charge is 0.455 e. The molecule has 4 nitrogen and oxygen atoms in total. The van der Waals surface area contributed by atoms with Gasteiger partial charge < -0.3 is 8.83 Å². The van der Waals surface area contributed by atoms with Gasteiger partial charge in [0.15, 0.2) is 5.58 Å². The molecule has 0 aliphatic rings. The Morgan fingerprint density at radius 2 is 1.15 bits per heavy atom. The summed E-state index contributed by atoms with van der Waals surface area (Å²) >= 11 is 0. The monoisotopic (exact) mass is 424 g/mol. The number of para-hydroxylation sites is 3. The van der Waals surface area contributed by atoms with E-state index in [-0.39, 0.29) is 0 Å². The first-order valence-corrected chi connectivity index (χ1v) is 11.0. The third-order valence-corrected chi connectivity index (χ3v) is 6.64. The molecule has 0 aliphatic carbocycles. The Morgan fingerprint density at radius 3 is 1.88 bits per heavy atom. The molecule has 33 heavy (non-hydrogen) atoms. The smallest absolute Gasteiger partial charge is 0.161 e. The van der Waals surface area contributed by atoms with Crippen molar-refractivity contribution in [2.45, 2.75) is 0 Å². The molecule has 0 aliphatic heterocycles. The van der Waals surface area contributed by atoms with Crippen LogP contribution in [0.15, 0.2) is 106 Å². The van der Waals surface area contributed by atoms with Gasteiger partial charge in [-0.15, -0.1) is 0 Å². The third kappa shape index (κ3) is 2.08. The third-order valence-electron chi connectivity index (χ3n) is 6.64. The van der Waals surface area contributed by atoms with Gasteiger partial charge in [-0.05, 0) is 30.3 Å². The van der Waals surface area contributed by atoms with Crippen molar-refractivity contribution in [3.05, 3.63) is 97.2 Å². The molecule has 8 aromatic rings. The van der Waals surface area contributed by atoms with Gasteiger partial charge in [0.25, 0.3) is 0 Å². The van der Waals surface area contributed by atoms with Crippen LogP contribution in [0, 0.1) is 0 Å². The number of aromatic nitrogens is 2. The van der Waals surface area contributed by atoms with E-state index in [2.05, 4.69) is 53.1 Å². The van der Waals surface area contributed by atoms with Gasteiger partial charge >= 0.3 is 0 Å². The first-order chi connectivity index (χ1) is 16.4. The van der Waals surface area contributed by atoms with Crippen LogP contribution in [-0.2, 0) is 0 Å². The zero-order valence-electron chi connectivity index (χ0n) is 17.4. The van der Waals surface area contributed by atoms with E-state index >= 15 is 0 Å². The second kappa shape index (κ2) is 6.02. The fraction of sp³-hybridized carbons (Fsp3) is 0. The van der Waals surface area contributed by atoms with Crippen LogP contribution in [-0.4, -0.2) is 9.55 Å². The predicted molar refractivity (Wildman–Crippen MR) is 133 cm³/mol. The van der Waals surface area contributed by atoms with E-state index < -0.39 is 0 Å². The molecule has 0 saturated heterocycles. The van der Waals surface area contributed by atoms with Crippen LogP contribution in [0.3, 0.4) is 0 Å². The van der Waals surface area contributed by atoms with Gasteiger partial charge in [0.1, 0.15) is 28.1 Å². The summed E-state index contributed by atoms with van der Waals surface area (Å²) in [5, 5.41) is 6.53. The summed E-state index contributed by atoms with van der Waals surface area (Å²) < 4.78 is 15.4. The van der Waals surface area contributed by atoms with Crippen LogP contribution in [0.25, 0.3) is 71.5 Å². The van der Waals surface area contributed by atoms with Crippen LogP contribution < -0.4 is 0 Å². The van der Waals surface area contributed by atoms with Crippen LogP contribution in [0.5, 0.6) is 0 Å². The summed E-state index contributed by atoms with van der Waals surface area (Å²) in [5.74, 6) is 0.848. The van der Waals surface area contributed by atoms with Crippen LogP contribution in [0.1, 0.15) is 0 Å². The lowest BCUT2D eigenvalue weighted by Gasteiger charge is -2.06. The zero-order chi connectivity index (χ0) is 21.5. The molecule has 0 spiro atoms. The van der Waals surface area contributed by atoms with Crippen molar-refractivity contribution in [3.8, 4) is 5.82 Å². The molecule has 0 amide bonds. The SMILES string of the molecule is c1ccc(-n2c3ccccc3c3c4oc5ccccc5c4c4c5ccccc5oc4c32)nc1. The maximum absolute atomic E-state index is 6.59. The highest BCUT2D eigenvalue weighted by molar-refractivity contribution is 6.38. The highest BCUT2D eigenvalue weighted by Crippen LogP contribution is 2.48. The Balaban J connectivity index is 1.80. The number of pyridine rings is 1. The predicted octanol–water partition coefficient (Wildman–Crippen LogP) is 7.98. The maximum atomic E-state index is 6.59. The molecule has 0 bridgehead atoms.